The largest absolute Gasteiger partial charge is 0.496 e. The average molecular weight is 177 g/mol. The van der Waals surface area contributed by atoms with Crippen molar-refractivity contribution in [1.82, 2.24) is 4.90 Å². The molecular formula is C11H15NO. The normalized spacial score (nSPS) is 16.7. The van der Waals surface area contributed by atoms with Gasteiger partial charge in [-0.05, 0) is 25.6 Å². The molecule has 2 rings (SSSR count). The first kappa shape index (κ1) is 8.57. The zero-order valence-electron chi connectivity index (χ0n) is 7.99. The molecule has 13 heavy (non-hydrogen) atoms. The van der Waals surface area contributed by atoms with Crippen LogP contribution in [-0.2, 0) is 6.54 Å². The van der Waals surface area contributed by atoms with Gasteiger partial charge in [0.15, 0.2) is 0 Å². The number of nitrogens with zero attached hydrogens (tertiary/aromatic N) is 1. The minimum atomic E-state index is 1.01. The number of hydrogen-bond donors (Lipinski definition) is 0. The van der Waals surface area contributed by atoms with E-state index in [2.05, 4.69) is 17.0 Å². The van der Waals surface area contributed by atoms with E-state index in [4.69, 9.17) is 4.74 Å². The molecule has 0 unspecified atom stereocenters. The van der Waals surface area contributed by atoms with Gasteiger partial charge >= 0.3 is 0 Å². The van der Waals surface area contributed by atoms with Crippen LogP contribution in [0.5, 0.6) is 5.75 Å². The van der Waals surface area contributed by atoms with Gasteiger partial charge in [-0.2, -0.15) is 0 Å². The Balaban J connectivity index is 2.08. The summed E-state index contributed by atoms with van der Waals surface area (Å²) in [5.74, 6) is 1.01. The van der Waals surface area contributed by atoms with E-state index >= 15 is 0 Å². The third-order valence-electron chi connectivity index (χ3n) is 2.54. The lowest BCUT2D eigenvalue weighted by Crippen LogP contribution is -2.36. The summed E-state index contributed by atoms with van der Waals surface area (Å²) in [6.45, 7) is 3.50. The summed E-state index contributed by atoms with van der Waals surface area (Å²) in [6.07, 6.45) is 1.34. The Morgan fingerprint density at radius 1 is 1.31 bits per heavy atom. The van der Waals surface area contributed by atoms with Crippen LogP contribution in [0.1, 0.15) is 12.0 Å². The molecule has 0 atom stereocenters. The second-order valence-electron chi connectivity index (χ2n) is 3.44. The lowest BCUT2D eigenvalue weighted by atomic mass is 10.1. The molecule has 1 saturated heterocycles. The van der Waals surface area contributed by atoms with Crippen molar-refractivity contribution in [3.8, 4) is 5.75 Å². The van der Waals surface area contributed by atoms with Gasteiger partial charge in [-0.1, -0.05) is 18.2 Å². The van der Waals surface area contributed by atoms with E-state index in [-0.39, 0.29) is 0 Å². The van der Waals surface area contributed by atoms with Gasteiger partial charge in [0.2, 0.25) is 0 Å². The lowest BCUT2D eigenvalue weighted by molar-refractivity contribution is 0.170. The van der Waals surface area contributed by atoms with Crippen molar-refractivity contribution >= 4 is 0 Å². The third-order valence-corrected chi connectivity index (χ3v) is 2.54. The highest BCUT2D eigenvalue weighted by Crippen LogP contribution is 2.21. The van der Waals surface area contributed by atoms with Gasteiger partial charge in [0.25, 0.3) is 0 Å². The highest BCUT2D eigenvalue weighted by atomic mass is 16.5. The van der Waals surface area contributed by atoms with Crippen LogP contribution in [0.4, 0.5) is 0 Å². The first-order valence-electron chi connectivity index (χ1n) is 4.74. The van der Waals surface area contributed by atoms with Crippen molar-refractivity contribution in [2.45, 2.75) is 13.0 Å². The van der Waals surface area contributed by atoms with Crippen LogP contribution < -0.4 is 4.74 Å². The molecule has 0 saturated carbocycles. The van der Waals surface area contributed by atoms with Crippen molar-refractivity contribution in [3.63, 3.8) is 0 Å². The number of ether oxygens (including phenoxy) is 1. The molecule has 0 radical (unpaired) electrons. The monoisotopic (exact) mass is 177 g/mol. The third kappa shape index (κ3) is 1.83. The van der Waals surface area contributed by atoms with Crippen LogP contribution in [0.3, 0.4) is 0 Å². The average Bonchev–Trinajstić information content (AvgIpc) is 2.12. The Morgan fingerprint density at radius 2 is 2.08 bits per heavy atom. The van der Waals surface area contributed by atoms with E-state index in [1.165, 1.54) is 25.1 Å². The number of benzene rings is 1. The second-order valence-corrected chi connectivity index (χ2v) is 3.44. The molecule has 70 valence electrons. The molecule has 1 aromatic carbocycles. The van der Waals surface area contributed by atoms with Gasteiger partial charge in [0.05, 0.1) is 7.11 Å². The van der Waals surface area contributed by atoms with Gasteiger partial charge in [-0.25, -0.2) is 0 Å². The maximum Gasteiger partial charge on any atom is 0.123 e. The van der Waals surface area contributed by atoms with Crippen LogP contribution in [0.15, 0.2) is 24.3 Å². The second kappa shape index (κ2) is 3.79. The van der Waals surface area contributed by atoms with Crippen molar-refractivity contribution in [2.24, 2.45) is 0 Å². The molecule has 0 bridgehead atoms. The molecule has 0 spiro atoms. The molecule has 2 heteroatoms. The van der Waals surface area contributed by atoms with E-state index in [0.29, 0.717) is 0 Å². The summed E-state index contributed by atoms with van der Waals surface area (Å²) in [7, 11) is 1.73. The summed E-state index contributed by atoms with van der Waals surface area (Å²) in [5.41, 5.74) is 1.30. The minimum Gasteiger partial charge on any atom is -0.496 e. The summed E-state index contributed by atoms with van der Waals surface area (Å²) in [4.78, 5) is 2.43. The quantitative estimate of drug-likeness (QED) is 0.699. The highest BCUT2D eigenvalue weighted by molar-refractivity contribution is 5.33. The Kier molecular flexibility index (Phi) is 2.50. The molecule has 2 nitrogen and oxygen atoms in total. The molecule has 0 amide bonds. The number of rotatable bonds is 3. The molecule has 1 aliphatic rings. The molecule has 1 heterocycles. The molecule has 0 aromatic heterocycles. The fourth-order valence-corrected chi connectivity index (χ4v) is 1.61. The fraction of sp³-hybridized carbons (Fsp3) is 0.455. The van der Waals surface area contributed by atoms with Crippen LogP contribution in [0.25, 0.3) is 0 Å². The Bertz CT molecular complexity index is 281. The zero-order chi connectivity index (χ0) is 9.10. The van der Waals surface area contributed by atoms with Gasteiger partial charge in [-0.15, -0.1) is 0 Å². The van der Waals surface area contributed by atoms with E-state index in [1.807, 2.05) is 12.1 Å². The summed E-state index contributed by atoms with van der Waals surface area (Å²) < 4.78 is 5.29. The van der Waals surface area contributed by atoms with E-state index in [9.17, 15) is 0 Å². The Morgan fingerprint density at radius 3 is 2.69 bits per heavy atom. The highest BCUT2D eigenvalue weighted by Gasteiger charge is 2.15. The van der Waals surface area contributed by atoms with E-state index in [1.54, 1.807) is 7.11 Å². The number of hydrogen-bond acceptors (Lipinski definition) is 2. The predicted molar refractivity (Wildman–Crippen MR) is 52.9 cm³/mol. The number of methoxy groups -OCH3 is 1. The predicted octanol–water partition coefficient (Wildman–Crippen LogP) is 1.90. The smallest absolute Gasteiger partial charge is 0.123 e. The summed E-state index contributed by atoms with van der Waals surface area (Å²) in [5, 5.41) is 0. The zero-order valence-corrected chi connectivity index (χ0v) is 7.99. The van der Waals surface area contributed by atoms with Crippen LogP contribution in [0, 0.1) is 0 Å². The molecule has 0 aliphatic carbocycles. The SMILES string of the molecule is COc1ccccc1CN1CCC1. The van der Waals surface area contributed by atoms with Gasteiger partial charge in [-0.3, -0.25) is 4.90 Å². The summed E-state index contributed by atoms with van der Waals surface area (Å²) in [6, 6.07) is 8.24. The molecule has 1 aromatic rings. The van der Waals surface area contributed by atoms with Gasteiger partial charge in [0, 0.05) is 12.1 Å². The first-order chi connectivity index (χ1) is 6.40. The maximum absolute atomic E-state index is 5.29. The van der Waals surface area contributed by atoms with Crippen molar-refractivity contribution in [1.29, 1.82) is 0 Å². The van der Waals surface area contributed by atoms with Crippen molar-refractivity contribution < 1.29 is 4.74 Å². The minimum absolute atomic E-state index is 1.01. The van der Waals surface area contributed by atoms with Crippen molar-refractivity contribution in [3.05, 3.63) is 29.8 Å². The standard InChI is InChI=1S/C11H15NO/c1-13-11-6-3-2-5-10(11)9-12-7-4-8-12/h2-3,5-6H,4,7-9H2,1H3. The Labute approximate surface area is 79.1 Å². The molecule has 1 fully saturated rings. The molecule has 1 aliphatic heterocycles. The number of likely N-dealkylation sites (tertiary alicyclic amines) is 1. The van der Waals surface area contributed by atoms with E-state index < -0.39 is 0 Å². The maximum atomic E-state index is 5.29. The fourth-order valence-electron chi connectivity index (χ4n) is 1.61. The van der Waals surface area contributed by atoms with Crippen LogP contribution >= 0.6 is 0 Å². The van der Waals surface area contributed by atoms with Crippen LogP contribution in [0.2, 0.25) is 0 Å². The topological polar surface area (TPSA) is 12.5 Å². The van der Waals surface area contributed by atoms with Crippen LogP contribution in [-0.4, -0.2) is 25.1 Å². The van der Waals surface area contributed by atoms with E-state index in [0.717, 1.165) is 12.3 Å². The number of para-hydroxylation sites is 1. The van der Waals surface area contributed by atoms with Gasteiger partial charge in [0.1, 0.15) is 5.75 Å². The molecular weight excluding hydrogens is 162 g/mol. The van der Waals surface area contributed by atoms with Crippen molar-refractivity contribution in [2.75, 3.05) is 20.2 Å². The first-order valence-corrected chi connectivity index (χ1v) is 4.74. The lowest BCUT2D eigenvalue weighted by Gasteiger charge is -2.31. The molecule has 0 N–H and O–H groups in total. The van der Waals surface area contributed by atoms with Gasteiger partial charge < -0.3 is 4.74 Å². The Hall–Kier alpha value is -1.02. The summed E-state index contributed by atoms with van der Waals surface area (Å²) >= 11 is 0.